The largest absolute Gasteiger partial charge is 0.382 e. The second kappa shape index (κ2) is 8.25. The molecule has 1 aliphatic carbocycles. The molecule has 6 heteroatoms. The van der Waals surface area contributed by atoms with Gasteiger partial charge in [0.25, 0.3) is 11.5 Å². The number of carbonyl (C=O) groups excluding carboxylic acids is 1. The lowest BCUT2D eigenvalue weighted by Gasteiger charge is -2.15. The SMILES string of the molecule is C=C(NC1CC1)c1cc(C(=O)NC)c(=O)n(Cc2cccc(N=CC)c2C)c1. The van der Waals surface area contributed by atoms with Gasteiger partial charge in [-0.2, -0.15) is 0 Å². The lowest BCUT2D eigenvalue weighted by Crippen LogP contribution is -2.32. The lowest BCUT2D eigenvalue weighted by atomic mass is 10.1. The summed E-state index contributed by atoms with van der Waals surface area (Å²) in [4.78, 5) is 29.6. The van der Waals surface area contributed by atoms with Gasteiger partial charge in [-0.05, 0) is 49.9 Å². The van der Waals surface area contributed by atoms with Crippen LogP contribution in [0.3, 0.4) is 0 Å². The summed E-state index contributed by atoms with van der Waals surface area (Å²) in [5, 5.41) is 5.89. The predicted octanol–water partition coefficient (Wildman–Crippen LogP) is 3.01. The van der Waals surface area contributed by atoms with Crippen LogP contribution in [0.5, 0.6) is 0 Å². The molecule has 0 atom stereocenters. The van der Waals surface area contributed by atoms with Crippen LogP contribution in [-0.4, -0.2) is 29.8 Å². The van der Waals surface area contributed by atoms with Gasteiger partial charge in [0.15, 0.2) is 0 Å². The van der Waals surface area contributed by atoms with Crippen LogP contribution in [-0.2, 0) is 6.54 Å². The third-order valence-corrected chi connectivity index (χ3v) is 4.89. The summed E-state index contributed by atoms with van der Waals surface area (Å²) in [6.07, 6.45) is 5.74. The van der Waals surface area contributed by atoms with E-state index in [1.165, 1.54) is 7.05 Å². The van der Waals surface area contributed by atoms with Gasteiger partial charge in [-0.15, -0.1) is 0 Å². The monoisotopic (exact) mass is 378 g/mol. The molecule has 28 heavy (non-hydrogen) atoms. The van der Waals surface area contributed by atoms with Crippen molar-refractivity contribution in [2.45, 2.75) is 39.3 Å². The molecule has 0 unspecified atom stereocenters. The van der Waals surface area contributed by atoms with Crippen molar-refractivity contribution in [1.29, 1.82) is 0 Å². The highest BCUT2D eigenvalue weighted by Crippen LogP contribution is 2.24. The molecule has 3 rings (SSSR count). The Hall–Kier alpha value is -3.15. The summed E-state index contributed by atoms with van der Waals surface area (Å²) < 4.78 is 1.57. The fourth-order valence-corrected chi connectivity index (χ4v) is 3.08. The molecular formula is C22H26N4O2. The maximum Gasteiger partial charge on any atom is 0.263 e. The van der Waals surface area contributed by atoms with E-state index in [2.05, 4.69) is 22.2 Å². The Morgan fingerprint density at radius 1 is 1.39 bits per heavy atom. The Labute approximate surface area is 165 Å². The molecule has 6 nitrogen and oxygen atoms in total. The zero-order chi connectivity index (χ0) is 20.3. The van der Waals surface area contributed by atoms with E-state index in [1.54, 1.807) is 23.0 Å². The Kier molecular flexibility index (Phi) is 5.78. The number of amides is 1. The average molecular weight is 378 g/mol. The molecular weight excluding hydrogens is 352 g/mol. The highest BCUT2D eigenvalue weighted by molar-refractivity contribution is 5.94. The topological polar surface area (TPSA) is 75.5 Å². The Bertz CT molecular complexity index is 1000. The Balaban J connectivity index is 2.04. The quantitative estimate of drug-likeness (QED) is 0.727. The average Bonchev–Trinajstić information content (AvgIpc) is 3.49. The zero-order valence-corrected chi connectivity index (χ0v) is 16.6. The summed E-state index contributed by atoms with van der Waals surface area (Å²) in [7, 11) is 1.52. The molecule has 1 aromatic carbocycles. The first-order valence-electron chi connectivity index (χ1n) is 9.44. The van der Waals surface area contributed by atoms with E-state index < -0.39 is 5.91 Å². The normalized spacial score (nSPS) is 13.5. The van der Waals surface area contributed by atoms with Crippen LogP contribution in [0.15, 0.2) is 46.8 Å². The van der Waals surface area contributed by atoms with Crippen LogP contribution in [0.25, 0.3) is 5.70 Å². The van der Waals surface area contributed by atoms with Gasteiger partial charge < -0.3 is 15.2 Å². The van der Waals surface area contributed by atoms with Gasteiger partial charge >= 0.3 is 0 Å². The molecule has 0 bridgehead atoms. The lowest BCUT2D eigenvalue weighted by molar-refractivity contribution is 0.0961. The molecule has 1 aliphatic rings. The van der Waals surface area contributed by atoms with Crippen LogP contribution in [0.1, 0.15) is 46.8 Å². The van der Waals surface area contributed by atoms with Crippen molar-refractivity contribution in [3.63, 3.8) is 0 Å². The summed E-state index contributed by atoms with van der Waals surface area (Å²) >= 11 is 0. The van der Waals surface area contributed by atoms with Crippen LogP contribution >= 0.6 is 0 Å². The van der Waals surface area contributed by atoms with Crippen molar-refractivity contribution in [2.75, 3.05) is 7.05 Å². The van der Waals surface area contributed by atoms with Gasteiger partial charge in [-0.25, -0.2) is 0 Å². The molecule has 1 fully saturated rings. The first-order chi connectivity index (χ1) is 13.4. The molecule has 0 spiro atoms. The van der Waals surface area contributed by atoms with Crippen molar-refractivity contribution in [1.82, 2.24) is 15.2 Å². The molecule has 146 valence electrons. The molecule has 0 radical (unpaired) electrons. The maximum atomic E-state index is 12.9. The number of hydrogen-bond donors (Lipinski definition) is 2. The van der Waals surface area contributed by atoms with Crippen molar-refractivity contribution in [3.8, 4) is 0 Å². The standard InChI is InChI=1S/C22H26N4O2/c1-5-24-20-8-6-7-16(14(20)2)12-26-13-17(15(3)25-18-9-10-18)11-19(22(26)28)21(27)23-4/h5-8,11,13,18,25H,3,9-10,12H2,1-2,4H3,(H,23,27). The van der Waals surface area contributed by atoms with Crippen molar-refractivity contribution in [3.05, 3.63) is 69.6 Å². The van der Waals surface area contributed by atoms with Gasteiger partial charge in [0.2, 0.25) is 0 Å². The number of benzene rings is 1. The highest BCUT2D eigenvalue weighted by atomic mass is 16.2. The molecule has 1 heterocycles. The van der Waals surface area contributed by atoms with Crippen molar-refractivity contribution < 1.29 is 4.79 Å². The van der Waals surface area contributed by atoms with Crippen molar-refractivity contribution in [2.24, 2.45) is 4.99 Å². The maximum absolute atomic E-state index is 12.9. The van der Waals surface area contributed by atoms with Gasteiger partial charge in [-0.3, -0.25) is 14.6 Å². The third-order valence-electron chi connectivity index (χ3n) is 4.89. The van der Waals surface area contributed by atoms with Crippen LogP contribution in [0, 0.1) is 6.92 Å². The second-order valence-electron chi connectivity index (χ2n) is 7.00. The number of carbonyl (C=O) groups is 1. The number of nitrogens with one attached hydrogen (secondary N) is 2. The number of pyridine rings is 1. The minimum atomic E-state index is -0.402. The minimum absolute atomic E-state index is 0.110. The summed E-state index contributed by atoms with van der Waals surface area (Å²) in [6.45, 7) is 8.30. The first-order valence-corrected chi connectivity index (χ1v) is 9.44. The number of hydrogen-bond acceptors (Lipinski definition) is 4. The molecule has 0 aliphatic heterocycles. The van der Waals surface area contributed by atoms with Crippen LogP contribution < -0.4 is 16.2 Å². The summed E-state index contributed by atoms with van der Waals surface area (Å²) in [6, 6.07) is 7.88. The van der Waals surface area contributed by atoms with E-state index in [9.17, 15) is 9.59 Å². The number of rotatable bonds is 7. The van der Waals surface area contributed by atoms with Crippen LogP contribution in [0.4, 0.5) is 5.69 Å². The second-order valence-corrected chi connectivity index (χ2v) is 7.00. The Morgan fingerprint density at radius 2 is 2.14 bits per heavy atom. The summed E-state index contributed by atoms with van der Waals surface area (Å²) in [5.74, 6) is -0.402. The van der Waals surface area contributed by atoms with E-state index in [1.807, 2.05) is 32.0 Å². The van der Waals surface area contributed by atoms with Crippen LogP contribution in [0.2, 0.25) is 0 Å². The molecule has 1 aromatic heterocycles. The predicted molar refractivity (Wildman–Crippen MR) is 113 cm³/mol. The molecule has 2 N–H and O–H groups in total. The smallest absolute Gasteiger partial charge is 0.263 e. The number of nitrogens with zero attached hydrogens (tertiary/aromatic N) is 2. The van der Waals surface area contributed by atoms with E-state index in [0.29, 0.717) is 12.6 Å². The highest BCUT2D eigenvalue weighted by Gasteiger charge is 2.22. The first kappa shape index (κ1) is 19.6. The fourth-order valence-electron chi connectivity index (χ4n) is 3.08. The van der Waals surface area contributed by atoms with E-state index in [4.69, 9.17) is 0 Å². The van der Waals surface area contributed by atoms with Crippen molar-refractivity contribution >= 4 is 23.5 Å². The van der Waals surface area contributed by atoms with E-state index in [-0.39, 0.29) is 11.1 Å². The number of aromatic nitrogens is 1. The van der Waals surface area contributed by atoms with Gasteiger partial charge in [0.05, 0.1) is 12.2 Å². The zero-order valence-electron chi connectivity index (χ0n) is 16.6. The van der Waals surface area contributed by atoms with Gasteiger partial charge in [0.1, 0.15) is 5.56 Å². The fraction of sp³-hybridized carbons (Fsp3) is 0.318. The molecule has 2 aromatic rings. The number of aliphatic imine (C=N–C) groups is 1. The van der Waals surface area contributed by atoms with E-state index in [0.717, 1.165) is 40.9 Å². The molecule has 1 amide bonds. The molecule has 1 saturated carbocycles. The third kappa shape index (κ3) is 4.22. The minimum Gasteiger partial charge on any atom is -0.382 e. The van der Waals surface area contributed by atoms with Gasteiger partial charge in [-0.1, -0.05) is 18.7 Å². The molecule has 0 saturated heterocycles. The Morgan fingerprint density at radius 3 is 2.79 bits per heavy atom. The van der Waals surface area contributed by atoms with Gasteiger partial charge in [0, 0.05) is 36.8 Å². The summed E-state index contributed by atoms with van der Waals surface area (Å²) in [5.41, 5.74) is 4.11. The van der Waals surface area contributed by atoms with E-state index >= 15 is 0 Å².